The van der Waals surface area contributed by atoms with Gasteiger partial charge < -0.3 is 10.1 Å². The van der Waals surface area contributed by atoms with Crippen LogP contribution in [0.3, 0.4) is 0 Å². The molecule has 2 rings (SSSR count). The maximum Gasteiger partial charge on any atom is 0.273 e. The lowest BCUT2D eigenvalue weighted by molar-refractivity contribution is -0.385. The van der Waals surface area contributed by atoms with Crippen molar-refractivity contribution in [1.29, 1.82) is 0 Å². The van der Waals surface area contributed by atoms with Gasteiger partial charge in [0.1, 0.15) is 0 Å². The van der Waals surface area contributed by atoms with Gasteiger partial charge in [-0.3, -0.25) is 15.0 Å². The van der Waals surface area contributed by atoms with Gasteiger partial charge in [-0.25, -0.2) is 0 Å². The number of nitro benzene ring substituents is 1. The molecule has 1 heterocycles. The van der Waals surface area contributed by atoms with Crippen molar-refractivity contribution in [3.05, 3.63) is 38.9 Å². The fourth-order valence-corrected chi connectivity index (χ4v) is 2.59. The van der Waals surface area contributed by atoms with Gasteiger partial charge in [-0.1, -0.05) is 11.6 Å². The molecule has 1 aromatic rings. The number of morpholine rings is 1. The first kappa shape index (κ1) is 16.2. The second-order valence-electron chi connectivity index (χ2n) is 5.23. The van der Waals surface area contributed by atoms with Crippen molar-refractivity contribution >= 4 is 17.3 Å². The molecule has 1 atom stereocenters. The first-order valence-corrected chi connectivity index (χ1v) is 7.40. The van der Waals surface area contributed by atoms with Crippen LogP contribution in [0.25, 0.3) is 0 Å². The Labute approximate surface area is 129 Å². The highest BCUT2D eigenvalue weighted by molar-refractivity contribution is 6.30. The number of halogens is 1. The Morgan fingerprint density at radius 1 is 1.48 bits per heavy atom. The molecule has 0 aromatic heterocycles. The molecule has 21 heavy (non-hydrogen) atoms. The van der Waals surface area contributed by atoms with Gasteiger partial charge in [0.25, 0.3) is 5.69 Å². The van der Waals surface area contributed by atoms with Crippen molar-refractivity contribution < 1.29 is 9.66 Å². The molecule has 1 saturated heterocycles. The summed E-state index contributed by atoms with van der Waals surface area (Å²) in [5.74, 6) is 0. The van der Waals surface area contributed by atoms with E-state index >= 15 is 0 Å². The molecule has 1 aliphatic rings. The van der Waals surface area contributed by atoms with Crippen molar-refractivity contribution in [2.75, 3.05) is 32.8 Å². The zero-order valence-electron chi connectivity index (χ0n) is 12.0. The van der Waals surface area contributed by atoms with E-state index in [0.717, 1.165) is 32.8 Å². The number of nitro groups is 1. The fraction of sp³-hybridized carbons (Fsp3) is 0.571. The van der Waals surface area contributed by atoms with Gasteiger partial charge in [-0.2, -0.15) is 0 Å². The molecule has 1 unspecified atom stereocenters. The fourth-order valence-electron chi connectivity index (χ4n) is 2.39. The number of benzene rings is 1. The van der Waals surface area contributed by atoms with E-state index in [2.05, 4.69) is 17.1 Å². The summed E-state index contributed by atoms with van der Waals surface area (Å²) in [6.45, 7) is 6.82. The molecule has 0 bridgehead atoms. The minimum absolute atomic E-state index is 0.102. The van der Waals surface area contributed by atoms with Crippen molar-refractivity contribution in [3.63, 3.8) is 0 Å². The molecule has 0 spiro atoms. The number of hydrogen-bond acceptors (Lipinski definition) is 5. The normalized spacial score (nSPS) is 17.6. The van der Waals surface area contributed by atoms with Crippen LogP contribution in [-0.4, -0.2) is 48.7 Å². The summed E-state index contributed by atoms with van der Waals surface area (Å²) >= 11 is 5.92. The number of rotatable bonds is 6. The van der Waals surface area contributed by atoms with Crippen LogP contribution in [0.1, 0.15) is 12.5 Å². The number of hydrogen-bond donors (Lipinski definition) is 1. The summed E-state index contributed by atoms with van der Waals surface area (Å²) in [7, 11) is 0. The molecule has 1 aliphatic heterocycles. The number of nitrogens with one attached hydrogen (secondary N) is 1. The minimum atomic E-state index is -0.375. The van der Waals surface area contributed by atoms with Gasteiger partial charge >= 0.3 is 0 Å². The van der Waals surface area contributed by atoms with Crippen molar-refractivity contribution in [3.8, 4) is 0 Å². The predicted molar refractivity (Wildman–Crippen MR) is 81.7 cm³/mol. The number of ether oxygens (including phenoxy) is 1. The monoisotopic (exact) mass is 313 g/mol. The summed E-state index contributed by atoms with van der Waals surface area (Å²) in [6, 6.07) is 4.88. The molecule has 116 valence electrons. The second-order valence-corrected chi connectivity index (χ2v) is 5.66. The smallest absolute Gasteiger partial charge is 0.273 e. The Balaban J connectivity index is 1.89. The lowest BCUT2D eigenvalue weighted by Crippen LogP contribution is -2.44. The van der Waals surface area contributed by atoms with Crippen LogP contribution in [0, 0.1) is 10.1 Å². The topological polar surface area (TPSA) is 67.6 Å². The van der Waals surface area contributed by atoms with E-state index in [1.54, 1.807) is 12.1 Å². The van der Waals surface area contributed by atoms with Crippen molar-refractivity contribution in [1.82, 2.24) is 10.2 Å². The highest BCUT2D eigenvalue weighted by atomic mass is 35.5. The third kappa shape index (κ3) is 4.93. The zero-order valence-corrected chi connectivity index (χ0v) is 12.8. The first-order valence-electron chi connectivity index (χ1n) is 7.02. The molecule has 0 aliphatic carbocycles. The van der Waals surface area contributed by atoms with E-state index in [9.17, 15) is 10.1 Å². The van der Waals surface area contributed by atoms with E-state index in [0.29, 0.717) is 17.1 Å². The largest absolute Gasteiger partial charge is 0.379 e. The molecule has 1 aromatic carbocycles. The molecule has 6 nitrogen and oxygen atoms in total. The molecular formula is C14H20ClN3O3. The average Bonchev–Trinajstić information content (AvgIpc) is 2.46. The summed E-state index contributed by atoms with van der Waals surface area (Å²) in [4.78, 5) is 13.0. The summed E-state index contributed by atoms with van der Waals surface area (Å²) < 4.78 is 5.31. The van der Waals surface area contributed by atoms with Crippen LogP contribution in [0.5, 0.6) is 0 Å². The summed E-state index contributed by atoms with van der Waals surface area (Å²) in [5.41, 5.74) is 0.715. The van der Waals surface area contributed by atoms with Crippen LogP contribution in [0.4, 0.5) is 5.69 Å². The standard InChI is InChI=1S/C14H20ClN3O3/c1-11(10-17-4-6-21-7-5-17)16-9-12-8-13(15)2-3-14(12)18(19)20/h2-3,8,11,16H,4-7,9-10H2,1H3. The Morgan fingerprint density at radius 3 is 2.86 bits per heavy atom. The van der Waals surface area contributed by atoms with Gasteiger partial charge in [0.2, 0.25) is 0 Å². The Kier molecular flexibility index (Phi) is 5.93. The summed E-state index contributed by atoms with van der Waals surface area (Å²) in [5, 5.41) is 14.8. The maximum absolute atomic E-state index is 11.0. The third-order valence-electron chi connectivity index (χ3n) is 3.51. The zero-order chi connectivity index (χ0) is 15.2. The van der Waals surface area contributed by atoms with Gasteiger partial charge in [-0.05, 0) is 19.1 Å². The third-order valence-corrected chi connectivity index (χ3v) is 3.75. The molecule has 1 fully saturated rings. The van der Waals surface area contributed by atoms with E-state index in [-0.39, 0.29) is 16.7 Å². The maximum atomic E-state index is 11.0. The van der Waals surface area contributed by atoms with Gasteiger partial charge in [0.05, 0.1) is 18.1 Å². The molecule has 0 radical (unpaired) electrons. The first-order chi connectivity index (χ1) is 10.1. The van der Waals surface area contributed by atoms with Crippen LogP contribution < -0.4 is 5.32 Å². The molecular weight excluding hydrogens is 294 g/mol. The SMILES string of the molecule is CC(CN1CCOCC1)NCc1cc(Cl)ccc1[N+](=O)[O-]. The molecule has 0 saturated carbocycles. The molecule has 1 N–H and O–H groups in total. The Bertz CT molecular complexity index is 492. The summed E-state index contributed by atoms with van der Waals surface area (Å²) in [6.07, 6.45) is 0. The Hall–Kier alpha value is -1.21. The quantitative estimate of drug-likeness (QED) is 0.643. The van der Waals surface area contributed by atoms with Gasteiger partial charge in [-0.15, -0.1) is 0 Å². The Morgan fingerprint density at radius 2 is 2.19 bits per heavy atom. The highest BCUT2D eigenvalue weighted by Gasteiger charge is 2.16. The van der Waals surface area contributed by atoms with E-state index in [1.165, 1.54) is 6.07 Å². The van der Waals surface area contributed by atoms with Crippen LogP contribution in [-0.2, 0) is 11.3 Å². The average molecular weight is 314 g/mol. The van der Waals surface area contributed by atoms with Gasteiger partial charge in [0.15, 0.2) is 0 Å². The predicted octanol–water partition coefficient (Wildman–Crippen LogP) is 2.06. The molecule has 0 amide bonds. The van der Waals surface area contributed by atoms with Crippen LogP contribution >= 0.6 is 11.6 Å². The van der Waals surface area contributed by atoms with Crippen LogP contribution in [0.2, 0.25) is 5.02 Å². The van der Waals surface area contributed by atoms with Crippen molar-refractivity contribution in [2.24, 2.45) is 0 Å². The second kappa shape index (κ2) is 7.70. The van der Waals surface area contributed by atoms with E-state index in [4.69, 9.17) is 16.3 Å². The van der Waals surface area contributed by atoms with Crippen molar-refractivity contribution in [2.45, 2.75) is 19.5 Å². The van der Waals surface area contributed by atoms with E-state index in [1.807, 2.05) is 0 Å². The minimum Gasteiger partial charge on any atom is -0.379 e. The van der Waals surface area contributed by atoms with Gasteiger partial charge in [0, 0.05) is 48.9 Å². The van der Waals surface area contributed by atoms with Crippen LogP contribution in [0.15, 0.2) is 18.2 Å². The van der Waals surface area contributed by atoms with E-state index < -0.39 is 0 Å². The number of nitrogens with zero attached hydrogens (tertiary/aromatic N) is 2. The highest BCUT2D eigenvalue weighted by Crippen LogP contribution is 2.22. The lowest BCUT2D eigenvalue weighted by atomic mass is 10.1. The molecule has 7 heteroatoms. The lowest BCUT2D eigenvalue weighted by Gasteiger charge is -2.29.